The lowest BCUT2D eigenvalue weighted by Crippen LogP contribution is -2.35. The number of thiol groups is 1. The SMILES string of the molecule is CCC[SH](CO)(CO)(CO)CCC. The zero-order chi connectivity index (χ0) is 10.4. The van der Waals surface area contributed by atoms with Crippen molar-refractivity contribution in [2.24, 2.45) is 0 Å². The molecule has 0 rings (SSSR count). The second-order valence-electron chi connectivity index (χ2n) is 4.11. The van der Waals surface area contributed by atoms with Crippen LogP contribution in [0, 0.1) is 0 Å². The van der Waals surface area contributed by atoms with Gasteiger partial charge >= 0.3 is 0 Å². The van der Waals surface area contributed by atoms with Gasteiger partial charge in [0.15, 0.2) is 0 Å². The summed E-state index contributed by atoms with van der Waals surface area (Å²) in [7, 11) is -2.57. The van der Waals surface area contributed by atoms with E-state index in [1.54, 1.807) is 0 Å². The van der Waals surface area contributed by atoms with Gasteiger partial charge in [-0.15, -0.1) is 0 Å². The van der Waals surface area contributed by atoms with Crippen LogP contribution in [-0.2, 0) is 0 Å². The van der Waals surface area contributed by atoms with E-state index in [1.807, 2.05) is 13.8 Å². The van der Waals surface area contributed by atoms with E-state index in [1.165, 1.54) is 0 Å². The molecule has 0 spiro atoms. The molecule has 0 bridgehead atoms. The Labute approximate surface area is 81.1 Å². The van der Waals surface area contributed by atoms with E-state index < -0.39 is 9.16 Å². The highest BCUT2D eigenvalue weighted by atomic mass is 32.3. The molecule has 0 saturated heterocycles. The normalized spacial score (nSPS) is 15.3. The molecule has 0 heterocycles. The van der Waals surface area contributed by atoms with E-state index in [2.05, 4.69) is 0 Å². The van der Waals surface area contributed by atoms with E-state index >= 15 is 0 Å². The van der Waals surface area contributed by atoms with Crippen molar-refractivity contribution in [3.63, 3.8) is 0 Å². The fourth-order valence-electron chi connectivity index (χ4n) is 1.94. The Morgan fingerprint density at radius 3 is 1.23 bits per heavy atom. The maximum Gasteiger partial charge on any atom is 0.0643 e. The van der Waals surface area contributed by atoms with E-state index in [0.717, 1.165) is 24.3 Å². The van der Waals surface area contributed by atoms with Gasteiger partial charge in [0.2, 0.25) is 0 Å². The van der Waals surface area contributed by atoms with E-state index in [9.17, 15) is 15.3 Å². The van der Waals surface area contributed by atoms with Crippen molar-refractivity contribution in [1.82, 2.24) is 0 Å². The summed E-state index contributed by atoms with van der Waals surface area (Å²) in [4.78, 5) is 0. The predicted molar refractivity (Wildman–Crippen MR) is 60.6 cm³/mol. The van der Waals surface area contributed by atoms with Crippen molar-refractivity contribution in [3.05, 3.63) is 0 Å². The van der Waals surface area contributed by atoms with Crippen LogP contribution in [0.2, 0.25) is 0 Å². The average molecular weight is 212 g/mol. The van der Waals surface area contributed by atoms with E-state index in [4.69, 9.17) is 0 Å². The van der Waals surface area contributed by atoms with Gasteiger partial charge in [0, 0.05) is 0 Å². The Kier molecular flexibility index (Phi) is 5.29. The molecule has 0 aromatic carbocycles. The monoisotopic (exact) mass is 212 g/mol. The van der Waals surface area contributed by atoms with Crippen LogP contribution in [-0.4, -0.2) is 44.6 Å². The lowest BCUT2D eigenvalue weighted by atomic mass is 10.6. The Morgan fingerprint density at radius 2 is 1.08 bits per heavy atom. The van der Waals surface area contributed by atoms with Crippen LogP contribution in [0.3, 0.4) is 0 Å². The summed E-state index contributed by atoms with van der Waals surface area (Å²) >= 11 is 0. The van der Waals surface area contributed by atoms with Crippen molar-refractivity contribution >= 4 is 9.16 Å². The standard InChI is InChI=1S/C9H24O3S/c1-3-5-13(7-10,8-11,9-12)6-4-2/h10-13H,3-9H2,1-2H3. The van der Waals surface area contributed by atoms with Gasteiger partial charge in [-0.25, -0.2) is 9.16 Å². The number of aliphatic hydroxyl groups excluding tert-OH is 3. The lowest BCUT2D eigenvalue weighted by molar-refractivity contribution is 0.313. The Hall–Kier alpha value is 0.230. The third-order valence-corrected chi connectivity index (χ3v) is 8.74. The van der Waals surface area contributed by atoms with Crippen LogP contribution in [0.5, 0.6) is 0 Å². The highest BCUT2D eigenvalue weighted by Crippen LogP contribution is 2.67. The maximum atomic E-state index is 9.43. The van der Waals surface area contributed by atoms with Gasteiger partial charge in [0.05, 0.1) is 17.8 Å². The molecule has 0 atom stereocenters. The average Bonchev–Trinajstić information content (AvgIpc) is 2.18. The Morgan fingerprint density at radius 1 is 0.769 bits per heavy atom. The van der Waals surface area contributed by atoms with Crippen molar-refractivity contribution in [2.45, 2.75) is 26.7 Å². The zero-order valence-corrected chi connectivity index (χ0v) is 9.63. The van der Waals surface area contributed by atoms with Crippen LogP contribution in [0.25, 0.3) is 0 Å². The minimum atomic E-state index is -2.57. The van der Waals surface area contributed by atoms with Crippen molar-refractivity contribution in [3.8, 4) is 0 Å². The highest BCUT2D eigenvalue weighted by Gasteiger charge is 2.38. The van der Waals surface area contributed by atoms with Crippen LogP contribution in [0.1, 0.15) is 26.7 Å². The second kappa shape index (κ2) is 5.20. The van der Waals surface area contributed by atoms with Crippen LogP contribution < -0.4 is 0 Å². The molecule has 0 aliphatic rings. The third kappa shape index (κ3) is 2.59. The number of hydrogen-bond acceptors (Lipinski definition) is 3. The van der Waals surface area contributed by atoms with Crippen LogP contribution in [0.15, 0.2) is 0 Å². The van der Waals surface area contributed by atoms with E-state index in [-0.39, 0.29) is 17.8 Å². The van der Waals surface area contributed by atoms with Crippen molar-refractivity contribution < 1.29 is 15.3 Å². The van der Waals surface area contributed by atoms with Crippen molar-refractivity contribution in [2.75, 3.05) is 29.3 Å². The molecule has 0 radical (unpaired) electrons. The number of aliphatic hydroxyl groups is 3. The fourth-order valence-corrected chi connectivity index (χ4v) is 5.81. The molecule has 0 aromatic rings. The summed E-state index contributed by atoms with van der Waals surface area (Å²) in [6.07, 6.45) is 1.83. The first kappa shape index (κ1) is 13.2. The minimum absolute atomic E-state index is 0.0136. The van der Waals surface area contributed by atoms with E-state index in [0.29, 0.717) is 0 Å². The molecule has 0 amide bonds. The molecule has 84 valence electrons. The first-order valence-corrected chi connectivity index (χ1v) is 8.11. The zero-order valence-electron chi connectivity index (χ0n) is 8.74. The molecule has 0 fully saturated rings. The second-order valence-corrected chi connectivity index (χ2v) is 10.3. The highest BCUT2D eigenvalue weighted by molar-refractivity contribution is 8.49. The predicted octanol–water partition coefficient (Wildman–Crippen LogP) is 0.728. The molecular weight excluding hydrogens is 188 g/mol. The summed E-state index contributed by atoms with van der Waals surface area (Å²) in [6, 6.07) is 0. The van der Waals surface area contributed by atoms with Gasteiger partial charge in [-0.05, 0) is 24.3 Å². The van der Waals surface area contributed by atoms with Crippen LogP contribution in [0.4, 0.5) is 0 Å². The molecule has 4 heteroatoms. The quantitative estimate of drug-likeness (QED) is 0.471. The first-order valence-electron chi connectivity index (χ1n) is 4.94. The largest absolute Gasteiger partial charge is 0.389 e. The summed E-state index contributed by atoms with van der Waals surface area (Å²) < 4.78 is 0. The number of rotatable bonds is 7. The molecule has 0 aromatic heterocycles. The van der Waals surface area contributed by atoms with Crippen molar-refractivity contribution in [1.29, 1.82) is 0 Å². The smallest absolute Gasteiger partial charge is 0.0643 e. The lowest BCUT2D eigenvalue weighted by Gasteiger charge is -2.57. The minimum Gasteiger partial charge on any atom is -0.389 e. The number of hydrogen-bond donors (Lipinski definition) is 4. The molecule has 13 heavy (non-hydrogen) atoms. The topological polar surface area (TPSA) is 60.7 Å². The first-order chi connectivity index (χ1) is 6.12. The van der Waals surface area contributed by atoms with Gasteiger partial charge in [0.1, 0.15) is 0 Å². The molecule has 0 aliphatic heterocycles. The third-order valence-electron chi connectivity index (χ3n) is 2.91. The molecule has 3 nitrogen and oxygen atoms in total. The molecule has 0 aliphatic carbocycles. The molecule has 0 saturated carbocycles. The summed E-state index contributed by atoms with van der Waals surface area (Å²) in [5.41, 5.74) is 0. The van der Waals surface area contributed by atoms with Gasteiger partial charge < -0.3 is 15.3 Å². The summed E-state index contributed by atoms with van der Waals surface area (Å²) in [6.45, 7) is 4.05. The summed E-state index contributed by atoms with van der Waals surface area (Å²) in [5, 5.41) is 28.3. The van der Waals surface area contributed by atoms with Crippen LogP contribution >= 0.6 is 9.16 Å². The molecule has 3 N–H and O–H groups in total. The van der Waals surface area contributed by atoms with Gasteiger partial charge in [0.25, 0.3) is 0 Å². The van der Waals surface area contributed by atoms with Gasteiger partial charge in [-0.2, -0.15) is 0 Å². The van der Waals surface area contributed by atoms with Gasteiger partial charge in [-0.1, -0.05) is 13.8 Å². The molecular formula is C9H24O3S. The molecule has 0 unspecified atom stereocenters. The fraction of sp³-hybridized carbons (Fsp3) is 1.00. The van der Waals surface area contributed by atoms with Gasteiger partial charge in [-0.3, -0.25) is 0 Å². The maximum absolute atomic E-state index is 9.43. The Bertz CT molecular complexity index is 125. The Balaban J connectivity index is 4.77. The summed E-state index contributed by atoms with van der Waals surface area (Å²) in [5.74, 6) is 1.55.